The van der Waals surface area contributed by atoms with E-state index in [1.54, 1.807) is 26.8 Å². The summed E-state index contributed by atoms with van der Waals surface area (Å²) in [7, 11) is 3.95. The average Bonchev–Trinajstić information content (AvgIpc) is 3.81. The quantitative estimate of drug-likeness (QED) is 0.132. The van der Waals surface area contributed by atoms with Crippen molar-refractivity contribution in [1.82, 2.24) is 9.80 Å². The third kappa shape index (κ3) is 6.82. The van der Waals surface area contributed by atoms with Crippen LogP contribution in [0.1, 0.15) is 81.7 Å². The molecule has 8 aliphatic rings. The van der Waals surface area contributed by atoms with Crippen molar-refractivity contribution < 1.29 is 83.7 Å². The molecule has 8 N–H and O–H groups in total. The summed E-state index contributed by atoms with van der Waals surface area (Å²) in [4.78, 5) is 52.5. The largest absolute Gasteiger partial charge is 0.504 e. The number of carbonyl (C=O) groups is 4. The Morgan fingerprint density at radius 2 is 1.13 bits per heavy atom. The van der Waals surface area contributed by atoms with E-state index in [2.05, 4.69) is 15.9 Å². The molecule has 0 amide bonds. The van der Waals surface area contributed by atoms with E-state index < -0.39 is 88.1 Å². The Morgan fingerprint density at radius 3 is 1.61 bits per heavy atom. The molecule has 2 spiro atoms. The number of hydrogen-bond acceptors (Lipinski definition) is 18. The number of aliphatic carboxylic acids is 1. The molecule has 364 valence electrons. The van der Waals surface area contributed by atoms with E-state index in [1.165, 1.54) is 12.1 Å². The Morgan fingerprint density at radius 1 is 0.701 bits per heavy atom. The van der Waals surface area contributed by atoms with Gasteiger partial charge in [0.1, 0.15) is 22.9 Å². The van der Waals surface area contributed by atoms with Gasteiger partial charge in [-0.1, -0.05) is 25.6 Å². The Kier molecular flexibility index (Phi) is 11.7. The van der Waals surface area contributed by atoms with Crippen LogP contribution in [0, 0.1) is 6.92 Å². The van der Waals surface area contributed by atoms with E-state index in [4.69, 9.17) is 28.8 Å². The van der Waals surface area contributed by atoms with Crippen molar-refractivity contribution in [2.75, 3.05) is 27.2 Å². The number of likely N-dealkylation sites (tertiary alicyclic amines) is 2. The number of aliphatic hydroxyl groups is 6. The number of hydrogen-bond donors (Lipinski definition) is 8. The minimum absolute atomic E-state index is 0. The summed E-state index contributed by atoms with van der Waals surface area (Å²) >= 11 is 0. The maximum atomic E-state index is 12.8. The van der Waals surface area contributed by atoms with E-state index in [-0.39, 0.29) is 55.4 Å². The highest BCUT2D eigenvalue weighted by molar-refractivity contribution is 5.86. The zero-order valence-electron chi connectivity index (χ0n) is 37.4. The van der Waals surface area contributed by atoms with Crippen LogP contribution in [0.15, 0.2) is 47.9 Å². The predicted octanol–water partition coefficient (Wildman–Crippen LogP) is 0.535. The van der Waals surface area contributed by atoms with Crippen LogP contribution >= 0.6 is 0 Å². The first kappa shape index (κ1) is 48.3. The van der Waals surface area contributed by atoms with Crippen molar-refractivity contribution in [1.29, 1.82) is 0 Å². The molecule has 2 saturated heterocycles. The summed E-state index contributed by atoms with van der Waals surface area (Å²) in [5, 5.41) is 83.2. The van der Waals surface area contributed by atoms with E-state index in [9.17, 15) is 54.9 Å². The molecule has 2 aromatic carbocycles. The minimum atomic E-state index is -2.34. The van der Waals surface area contributed by atoms with Gasteiger partial charge in [0.2, 0.25) is 0 Å². The molecule has 67 heavy (non-hydrogen) atoms. The van der Waals surface area contributed by atoms with Crippen molar-refractivity contribution in [3.8, 4) is 17.2 Å². The number of phenols is 1. The molecule has 19 heteroatoms. The van der Waals surface area contributed by atoms with E-state index in [1.807, 2.05) is 33.2 Å². The van der Waals surface area contributed by atoms with Gasteiger partial charge in [-0.05, 0) is 115 Å². The molecule has 0 saturated carbocycles. The molecule has 2 aromatic rings. The second-order valence-electron chi connectivity index (χ2n) is 20.0. The Labute approximate surface area is 386 Å². The molecule has 19 nitrogen and oxygen atoms in total. The number of piperidine rings is 2. The number of carboxylic acids is 1. The molecule has 2 fully saturated rings. The zero-order valence-corrected chi connectivity index (χ0v) is 37.4. The topological polar surface area (TPSA) is 283 Å². The molecule has 4 aliphatic carbocycles. The van der Waals surface area contributed by atoms with Crippen LogP contribution in [-0.4, -0.2) is 167 Å². The summed E-state index contributed by atoms with van der Waals surface area (Å²) in [6.07, 6.45) is -4.76. The number of carbonyl (C=O) groups excluding carboxylic acids is 3. The second-order valence-corrected chi connectivity index (χ2v) is 20.0. The molecule has 4 heterocycles. The summed E-state index contributed by atoms with van der Waals surface area (Å²) in [5.74, 6) is -4.39. The number of ether oxygens (including phenoxy) is 5. The molecule has 0 aromatic heterocycles. The molecular formula is C48H60N2O17. The number of phenolic OH excluding ortho intramolecular Hbond substituents is 1. The van der Waals surface area contributed by atoms with Gasteiger partial charge >= 0.3 is 23.9 Å². The van der Waals surface area contributed by atoms with Crippen LogP contribution in [-0.2, 0) is 57.1 Å². The fraction of sp³-hybridized carbons (Fsp3) is 0.583. The molecule has 0 radical (unpaired) electrons. The Hall–Kier alpha value is -5.12. The van der Waals surface area contributed by atoms with Gasteiger partial charge in [0.25, 0.3) is 0 Å². The highest BCUT2D eigenvalue weighted by atomic mass is 16.6. The number of aromatic hydroxyl groups is 1. The standard InChI is InChI=1S/C26H33NO8.C21H23NO9.CH4/c1-13-6-7-14-12-16-26(32)9-8-15(21-25(26,10-11-27(16)5)17(14)20(13)34-21)33-22(30)18(28)19(29)23(31)35-24(2,3)4;1-22-7-6-20-13-9-2-3-10(23)16(13)31-17(20)11(4-5-21(20,29)12(22)8-9)30-19(28)15(25)14(24)18(26)27;/h6-8,16,18-19,21,28-29,32H,9-12H2,1-5H3;2-4,12,14-15,17,23-25,29H,5-8H2,1H3,(H,26,27);1H4/t16-,18-,19-,21+,25+,26-;12-,14-,15-,17+,20+,21-;/m11./s1. The summed E-state index contributed by atoms with van der Waals surface area (Å²) in [5.41, 5.74) is -0.395. The maximum absolute atomic E-state index is 12.8. The first-order valence-corrected chi connectivity index (χ1v) is 22.1. The molecule has 0 unspecified atom stereocenters. The minimum Gasteiger partial charge on any atom is -0.504 e. The van der Waals surface area contributed by atoms with Crippen LogP contribution in [0.4, 0.5) is 0 Å². The zero-order chi connectivity index (χ0) is 47.8. The van der Waals surface area contributed by atoms with Crippen molar-refractivity contribution >= 4 is 23.9 Å². The maximum Gasteiger partial charge on any atom is 0.343 e. The Bertz CT molecular complexity index is 2480. The van der Waals surface area contributed by atoms with Crippen molar-refractivity contribution in [3.05, 3.63) is 75.8 Å². The number of benzene rings is 2. The van der Waals surface area contributed by atoms with Crippen LogP contribution in [0.5, 0.6) is 17.2 Å². The van der Waals surface area contributed by atoms with E-state index >= 15 is 0 Å². The lowest BCUT2D eigenvalue weighted by Gasteiger charge is -2.61. The number of likely N-dealkylation sites (N-methyl/N-ethyl adjacent to an activating group) is 2. The predicted molar refractivity (Wildman–Crippen MR) is 233 cm³/mol. The van der Waals surface area contributed by atoms with Crippen molar-refractivity contribution in [2.45, 2.75) is 150 Å². The fourth-order valence-electron chi connectivity index (χ4n) is 12.3. The van der Waals surface area contributed by atoms with Crippen LogP contribution < -0.4 is 9.47 Å². The van der Waals surface area contributed by atoms with Crippen LogP contribution in [0.25, 0.3) is 0 Å². The third-order valence-corrected chi connectivity index (χ3v) is 15.3. The van der Waals surface area contributed by atoms with Gasteiger partial charge in [-0.25, -0.2) is 19.2 Å². The van der Waals surface area contributed by atoms with Gasteiger partial charge in [-0.15, -0.1) is 0 Å². The molecule has 4 aliphatic heterocycles. The average molecular weight is 937 g/mol. The number of nitrogens with zero attached hydrogens (tertiary/aromatic N) is 2. The second kappa shape index (κ2) is 16.3. The van der Waals surface area contributed by atoms with Crippen molar-refractivity contribution in [3.63, 3.8) is 0 Å². The molecule has 10 rings (SSSR count). The fourth-order valence-corrected chi connectivity index (χ4v) is 12.3. The Balaban J connectivity index is 0.000000180. The molecular weight excluding hydrogens is 877 g/mol. The van der Waals surface area contributed by atoms with Gasteiger partial charge in [0.15, 0.2) is 48.1 Å². The van der Waals surface area contributed by atoms with Gasteiger partial charge in [-0.3, -0.25) is 0 Å². The first-order valence-electron chi connectivity index (χ1n) is 22.1. The number of aryl methyl sites for hydroxylation is 1. The molecule has 12 atom stereocenters. The number of rotatable bonds is 8. The first-order chi connectivity index (χ1) is 30.9. The van der Waals surface area contributed by atoms with Gasteiger partial charge in [-0.2, -0.15) is 0 Å². The summed E-state index contributed by atoms with van der Waals surface area (Å²) in [6.45, 7) is 8.16. The smallest absolute Gasteiger partial charge is 0.343 e. The van der Waals surface area contributed by atoms with Crippen LogP contribution in [0.2, 0.25) is 0 Å². The third-order valence-electron chi connectivity index (χ3n) is 15.3. The lowest BCUT2D eigenvalue weighted by molar-refractivity contribution is -0.183. The van der Waals surface area contributed by atoms with E-state index in [0.29, 0.717) is 43.5 Å². The van der Waals surface area contributed by atoms with Gasteiger partial charge in [0.05, 0.1) is 22.0 Å². The summed E-state index contributed by atoms with van der Waals surface area (Å²) < 4.78 is 28.4. The lowest BCUT2D eigenvalue weighted by Crippen LogP contribution is -2.74. The van der Waals surface area contributed by atoms with Gasteiger partial charge < -0.3 is 74.3 Å². The SMILES string of the molecule is C.CN1CC[C@]23c4c5ccc(O)c4O[C@H]2C(OC(=O)[C@H](O)[C@@H](O)C(=O)O)=CC[C@@]3(O)[C@H]1C5.Cc1ccc2c3c1O[C@H]1C(OC(=O)[C@H](O)[C@@H](O)C(=O)OC(C)(C)C)=CC[C@@]4(O)[C@@H](C2)N(C)CC[C@]314. The van der Waals surface area contributed by atoms with Gasteiger partial charge in [0, 0.05) is 36.1 Å². The molecule has 4 bridgehead atoms. The van der Waals surface area contributed by atoms with E-state index in [0.717, 1.165) is 28.8 Å². The monoisotopic (exact) mass is 936 g/mol. The number of esters is 3. The summed E-state index contributed by atoms with van der Waals surface area (Å²) in [6, 6.07) is 7.08. The highest BCUT2D eigenvalue weighted by Crippen LogP contribution is 2.66. The van der Waals surface area contributed by atoms with Crippen LogP contribution in [0.3, 0.4) is 0 Å². The number of carboxylic acid groups (broad SMARTS) is 1. The van der Waals surface area contributed by atoms with Crippen molar-refractivity contribution in [2.24, 2.45) is 0 Å². The normalized spacial score (nSPS) is 33.1. The number of aliphatic hydroxyl groups excluding tert-OH is 4. The lowest BCUT2D eigenvalue weighted by atomic mass is 9.50. The highest BCUT2D eigenvalue weighted by Gasteiger charge is 2.73.